The van der Waals surface area contributed by atoms with E-state index < -0.39 is 54.4 Å². The summed E-state index contributed by atoms with van der Waals surface area (Å²) in [6, 6.07) is 24.7. The second-order valence-corrected chi connectivity index (χ2v) is 45.0. The van der Waals surface area contributed by atoms with Crippen molar-refractivity contribution in [1.82, 2.24) is 15.5 Å². The zero-order chi connectivity index (χ0) is 92.4. The third kappa shape index (κ3) is 46.4. The number of aliphatic imine (C=N–C) groups is 2. The summed E-state index contributed by atoms with van der Waals surface area (Å²) in [5.74, 6) is 2.80. The Labute approximate surface area is 763 Å². The minimum Gasteiger partial charge on any atom is -0.483 e. The van der Waals surface area contributed by atoms with Crippen molar-refractivity contribution in [1.29, 1.82) is 0 Å². The number of carbonyl (C=O) groups excluding carboxylic acids is 5. The zero-order valence-corrected chi connectivity index (χ0v) is 83.2. The number of ketones is 1. The molecule has 0 aromatic heterocycles. The summed E-state index contributed by atoms with van der Waals surface area (Å²) in [5, 5.41) is 14.2. The molecule has 28 nitrogen and oxygen atoms in total. The highest BCUT2D eigenvalue weighted by atomic mass is 127. The second kappa shape index (κ2) is 57.9. The lowest BCUT2D eigenvalue weighted by molar-refractivity contribution is -0.149. The van der Waals surface area contributed by atoms with Gasteiger partial charge in [0, 0.05) is 49.5 Å². The van der Waals surface area contributed by atoms with Crippen molar-refractivity contribution in [2.24, 2.45) is 51.2 Å². The van der Waals surface area contributed by atoms with E-state index in [1.807, 2.05) is 116 Å². The standard InChI is InChI=1S/C24H30BrNO6S.C19H27NO5.C17H36N2O3Si.C9H16N2O2.C8H15IO.C8H14O3.C7H12O2/c1-17-12-20(13-18(2)32-17)14-22(26-24(27)30-15-19-6-4-3-5-7-19)16-31-33(28,29)23-10-8-21(25)9-11-23;1-13-9-16(10-14(2)25-13)11-17(18(21)23-3)20-19(22)24-12-15-7-5-4-6-8-15;1-13-9-15(10-14(2)22-13)11-16(18)12-19(3)17(20)21-7-8-23(4,5)6;1-6(2)8-9(13-4)10-5-7(11-8)12-3;1-6-3-8(5-9)4-7(2)10-6;1-5-3-7(8(9)10)4-6(2)11-5;1-5-3-7(8)4-6(2)9-5/h3-11,17-18,20,22H,12-16H2,1-2H3,(H,26,27);4-8,13-14,16-17H,9-12H2,1-3H3,(H,20,22);13-16H,7-12,18H2,1-6H3;6,8H,5H2,1-4H3;6-8H,3-5H2,1-2H3;5-7H,3-4H2,1-2H3,(H,9,10);5-6H,3-4H2,1-2H3/t17-,18+,20?,22-;13-,14+,16?,17-;13-,14+,15?,16-;8-;6-,7+,8?;5-,6+,7?;5-,6+/m0001.../s1. The average molecular weight is 1960 g/mol. The van der Waals surface area contributed by atoms with Crippen molar-refractivity contribution in [3.63, 3.8) is 0 Å². The van der Waals surface area contributed by atoms with E-state index in [0.717, 1.165) is 72.5 Å². The number of likely N-dealkylation sites (N-methyl/N-ethyl adjacent to an activating group) is 1. The summed E-state index contributed by atoms with van der Waals surface area (Å²) in [6.45, 7) is 37.1. The highest BCUT2D eigenvalue weighted by molar-refractivity contribution is 14.1. The number of nitrogens with two attached hydrogens (primary N) is 1. The van der Waals surface area contributed by atoms with Gasteiger partial charge in [-0.1, -0.05) is 133 Å². The van der Waals surface area contributed by atoms with Gasteiger partial charge in [-0.05, 0) is 238 Å². The van der Waals surface area contributed by atoms with Crippen LogP contribution < -0.4 is 16.4 Å². The number of alkyl halides is 1. The van der Waals surface area contributed by atoms with Crippen LogP contribution in [-0.4, -0.2) is 231 Å². The van der Waals surface area contributed by atoms with Crippen molar-refractivity contribution in [2.75, 3.05) is 59.1 Å². The maximum Gasteiger partial charge on any atom is 0.409 e. The van der Waals surface area contributed by atoms with Crippen LogP contribution in [0.5, 0.6) is 0 Å². The predicted molar refractivity (Wildman–Crippen MR) is 497 cm³/mol. The Balaban J connectivity index is 0.000000319. The number of methoxy groups -OCH3 is 3. The Bertz CT molecular complexity index is 3700. The summed E-state index contributed by atoms with van der Waals surface area (Å²) in [5.41, 5.74) is 8.00. The fourth-order valence-electron chi connectivity index (χ4n) is 16.3. The van der Waals surface area contributed by atoms with E-state index in [4.69, 9.17) is 71.9 Å². The number of aliphatic carboxylic acids is 1. The van der Waals surface area contributed by atoms with Gasteiger partial charge in [-0.2, -0.15) is 8.42 Å². The lowest BCUT2D eigenvalue weighted by atomic mass is 9.87. The van der Waals surface area contributed by atoms with Gasteiger partial charge in [0.05, 0.1) is 125 Å². The molecule has 21 atom stereocenters. The topological polar surface area (TPSA) is 355 Å². The van der Waals surface area contributed by atoms with Crippen LogP contribution in [-0.2, 0) is 98.7 Å². The largest absolute Gasteiger partial charge is 0.483 e. The minimum atomic E-state index is -3.96. The van der Waals surface area contributed by atoms with Gasteiger partial charge >= 0.3 is 30.2 Å². The number of nitrogens with zero attached hydrogens (tertiary/aromatic N) is 3. The number of halogens is 2. The molecule has 5 unspecified atom stereocenters. The summed E-state index contributed by atoms with van der Waals surface area (Å²) in [6.07, 6.45) is 13.6. The van der Waals surface area contributed by atoms with E-state index in [1.54, 1.807) is 38.3 Å². The molecule has 10 rings (SSSR count). The molecule has 7 aliphatic heterocycles. The number of hydrogen-bond acceptors (Lipinski definition) is 24. The predicted octanol–water partition coefficient (Wildman–Crippen LogP) is 17.6. The highest BCUT2D eigenvalue weighted by Gasteiger charge is 2.35. The van der Waals surface area contributed by atoms with Crippen LogP contribution in [0.4, 0.5) is 14.4 Å². The maximum absolute atomic E-state index is 12.6. The maximum atomic E-state index is 12.6. The lowest BCUT2D eigenvalue weighted by Crippen LogP contribution is -2.44. The molecule has 32 heteroatoms. The minimum absolute atomic E-state index is 0.00737. The van der Waals surface area contributed by atoms with Crippen molar-refractivity contribution in [2.45, 2.75) is 334 Å². The molecular formula is C92H150BrIN6O22SSi. The molecule has 0 saturated carbocycles. The van der Waals surface area contributed by atoms with Crippen LogP contribution in [0.2, 0.25) is 25.7 Å². The zero-order valence-electron chi connectivity index (χ0n) is 77.7. The van der Waals surface area contributed by atoms with Gasteiger partial charge in [0.1, 0.15) is 37.6 Å². The third-order valence-electron chi connectivity index (χ3n) is 21.7. The monoisotopic (exact) mass is 1960 g/mol. The summed E-state index contributed by atoms with van der Waals surface area (Å²) < 4.78 is 97.2. The molecule has 3 aromatic carbocycles. The van der Waals surface area contributed by atoms with Gasteiger partial charge in [0.25, 0.3) is 10.1 Å². The van der Waals surface area contributed by atoms with Crippen LogP contribution in [0.15, 0.2) is 104 Å². The molecular weight excluding hydrogens is 1810 g/mol. The van der Waals surface area contributed by atoms with E-state index in [2.05, 4.69) is 120 Å². The number of alkyl carbamates (subject to hydrolysis) is 2. The number of carboxylic acids is 1. The molecule has 6 saturated heterocycles. The highest BCUT2D eigenvalue weighted by Crippen LogP contribution is 2.33. The van der Waals surface area contributed by atoms with E-state index in [-0.39, 0.29) is 109 Å². The third-order valence-corrected chi connectivity index (χ3v) is 26.5. The van der Waals surface area contributed by atoms with Gasteiger partial charge in [0.2, 0.25) is 11.8 Å². The summed E-state index contributed by atoms with van der Waals surface area (Å²) in [7, 11) is 1.20. The Kier molecular flexibility index (Phi) is 51.5. The molecule has 0 aliphatic carbocycles. The molecule has 0 radical (unpaired) electrons. The van der Waals surface area contributed by atoms with Crippen LogP contribution in [0.25, 0.3) is 0 Å². The Hall–Kier alpha value is -5.92. The number of ether oxygens (including phenoxy) is 12. The van der Waals surface area contributed by atoms with Gasteiger partial charge in [0.15, 0.2) is 0 Å². The normalized spacial score (nSPS) is 27.4. The van der Waals surface area contributed by atoms with Crippen molar-refractivity contribution in [3.8, 4) is 0 Å². The average Bonchev–Trinajstić information content (AvgIpc) is 0.844. The number of carboxylic acid groups (broad SMARTS) is 1. The van der Waals surface area contributed by atoms with Crippen LogP contribution in [0.1, 0.15) is 204 Å². The van der Waals surface area contributed by atoms with E-state index in [1.165, 1.54) is 36.5 Å². The molecule has 0 spiro atoms. The van der Waals surface area contributed by atoms with Gasteiger partial charge in [-0.25, -0.2) is 29.2 Å². The molecule has 0 bridgehead atoms. The van der Waals surface area contributed by atoms with Crippen molar-refractivity contribution < 1.29 is 103 Å². The van der Waals surface area contributed by atoms with Crippen LogP contribution in [0, 0.1) is 35.5 Å². The molecule has 6 fully saturated rings. The fourth-order valence-corrected chi connectivity index (χ4v) is 19.0. The van der Waals surface area contributed by atoms with Crippen LogP contribution >= 0.6 is 38.5 Å². The number of Topliss-reactive ketones (excluding diaryl/α,β-unsaturated/α-hetero) is 1. The SMILES string of the molecule is COC(=O)[C@H](CC1C[C@@H](C)O[C@@H](C)C1)NC(=O)OCc1ccccc1.COC1=N[C@H](C(C)C)C(OC)=NC1.C[C@@H]1CC(=O)C[C@H](C)O1.C[C@@H]1CC(C(=O)O)C[C@H](C)O1.C[C@@H]1CC(CI)C[C@H](C)O1.C[C@@H]1CC(C[C@@H](COS(=O)(=O)c2ccc(Br)cc2)NC(=O)OCc2ccccc2)C[C@H](C)O1.C[C@@H]1CC(C[C@H](N)CN(C)C(=O)OCC[Si](C)(C)C)C[C@H](C)O1. The number of nitrogens with one attached hydrogen (secondary N) is 2. The lowest BCUT2D eigenvalue weighted by Gasteiger charge is -2.34. The number of benzene rings is 3. The first-order valence-electron chi connectivity index (χ1n) is 44.2. The molecule has 7 heterocycles. The second-order valence-electron chi connectivity index (χ2n) is 35.9. The fraction of sp³-hybridized carbons (Fsp3) is 0.717. The Morgan fingerprint density at radius 3 is 1.41 bits per heavy atom. The Morgan fingerprint density at radius 2 is 1.01 bits per heavy atom. The van der Waals surface area contributed by atoms with Gasteiger partial charge in [-0.15, -0.1) is 0 Å². The number of rotatable bonds is 25. The van der Waals surface area contributed by atoms with Crippen molar-refractivity contribution >= 4 is 105 Å². The molecule has 704 valence electrons. The number of amides is 3. The molecule has 7 aliphatic rings. The number of hydrogen-bond donors (Lipinski definition) is 4. The first-order valence-corrected chi connectivity index (χ1v) is 51.6. The van der Waals surface area contributed by atoms with E-state index >= 15 is 0 Å². The van der Waals surface area contributed by atoms with Gasteiger partial charge < -0.3 is 83.2 Å². The van der Waals surface area contributed by atoms with E-state index in [9.17, 15) is 37.2 Å². The molecule has 3 aromatic rings. The molecule has 5 N–H and O–H groups in total. The quantitative estimate of drug-likeness (QED) is 0.0153. The summed E-state index contributed by atoms with van der Waals surface area (Å²) >= 11 is 5.76. The first-order chi connectivity index (χ1) is 58.4. The Morgan fingerprint density at radius 1 is 0.589 bits per heavy atom. The summed E-state index contributed by atoms with van der Waals surface area (Å²) in [4.78, 5) is 80.2. The van der Waals surface area contributed by atoms with Crippen LogP contribution in [0.3, 0.4) is 0 Å². The van der Waals surface area contributed by atoms with Crippen molar-refractivity contribution in [3.05, 3.63) is 101 Å². The first kappa shape index (κ1) is 110. The number of carbonyl (C=O) groups is 6. The molecule has 124 heavy (non-hydrogen) atoms. The van der Waals surface area contributed by atoms with Gasteiger partial charge in [-0.3, -0.25) is 13.8 Å². The smallest absolute Gasteiger partial charge is 0.409 e. The number of esters is 1. The van der Waals surface area contributed by atoms with E-state index in [0.29, 0.717) is 112 Å². The molecule has 3 amide bonds.